The summed E-state index contributed by atoms with van der Waals surface area (Å²) in [7, 11) is 0. The van der Waals surface area contributed by atoms with Gasteiger partial charge in [0.05, 0.1) is 5.70 Å². The first kappa shape index (κ1) is 9.59. The maximum atomic E-state index is 10.4. The molecule has 0 atom stereocenters. The standard InChI is InChI=1S/C13H11NO/c15-10-13-9-8-12(14-13)7-6-11-4-2-1-3-5-11/h1-5,7-10H,6H2/b12-7+. The molecule has 0 saturated carbocycles. The van der Waals surface area contributed by atoms with Gasteiger partial charge in [-0.3, -0.25) is 4.79 Å². The second-order valence-corrected chi connectivity index (χ2v) is 3.31. The number of carbonyl (C=O) groups excluding carboxylic acids is 1. The molecule has 0 radical (unpaired) electrons. The molecule has 1 aliphatic rings. The quantitative estimate of drug-likeness (QED) is 0.684. The van der Waals surface area contributed by atoms with Crippen molar-refractivity contribution in [1.82, 2.24) is 0 Å². The fourth-order valence-electron chi connectivity index (χ4n) is 1.41. The smallest absolute Gasteiger partial charge is 0.168 e. The molecule has 0 saturated heterocycles. The van der Waals surface area contributed by atoms with E-state index >= 15 is 0 Å². The van der Waals surface area contributed by atoms with Crippen molar-refractivity contribution in [3.8, 4) is 0 Å². The van der Waals surface area contributed by atoms with Crippen LogP contribution in [-0.2, 0) is 11.2 Å². The Morgan fingerprint density at radius 1 is 1.13 bits per heavy atom. The number of allylic oxidation sites excluding steroid dienone is 3. The van der Waals surface area contributed by atoms with Crippen LogP contribution >= 0.6 is 0 Å². The van der Waals surface area contributed by atoms with Crippen molar-refractivity contribution in [2.45, 2.75) is 6.42 Å². The Kier molecular flexibility index (Phi) is 2.88. The Morgan fingerprint density at radius 2 is 1.93 bits per heavy atom. The topological polar surface area (TPSA) is 29.4 Å². The van der Waals surface area contributed by atoms with Gasteiger partial charge in [0.15, 0.2) is 6.29 Å². The highest BCUT2D eigenvalue weighted by molar-refractivity contribution is 6.35. The number of rotatable bonds is 3. The van der Waals surface area contributed by atoms with E-state index in [1.807, 2.05) is 30.4 Å². The monoisotopic (exact) mass is 197 g/mol. The summed E-state index contributed by atoms with van der Waals surface area (Å²) in [6, 6.07) is 10.2. The van der Waals surface area contributed by atoms with Crippen molar-refractivity contribution in [3.63, 3.8) is 0 Å². The highest BCUT2D eigenvalue weighted by Crippen LogP contribution is 2.10. The third-order valence-corrected chi connectivity index (χ3v) is 2.19. The van der Waals surface area contributed by atoms with Crippen LogP contribution in [0.3, 0.4) is 0 Å². The van der Waals surface area contributed by atoms with Gasteiger partial charge in [0.1, 0.15) is 5.71 Å². The van der Waals surface area contributed by atoms with E-state index in [2.05, 4.69) is 17.1 Å². The van der Waals surface area contributed by atoms with Gasteiger partial charge < -0.3 is 0 Å². The van der Waals surface area contributed by atoms with Crippen LogP contribution in [0.4, 0.5) is 0 Å². The van der Waals surface area contributed by atoms with E-state index in [4.69, 9.17) is 0 Å². The van der Waals surface area contributed by atoms with Crippen LogP contribution in [0.25, 0.3) is 0 Å². The van der Waals surface area contributed by atoms with Crippen molar-refractivity contribution in [3.05, 3.63) is 59.8 Å². The third-order valence-electron chi connectivity index (χ3n) is 2.19. The zero-order valence-electron chi connectivity index (χ0n) is 8.26. The van der Waals surface area contributed by atoms with Crippen LogP contribution in [0.5, 0.6) is 0 Å². The second-order valence-electron chi connectivity index (χ2n) is 3.31. The van der Waals surface area contributed by atoms with E-state index in [1.165, 1.54) is 5.56 Å². The summed E-state index contributed by atoms with van der Waals surface area (Å²) in [5.41, 5.74) is 2.60. The average Bonchev–Trinajstić information content (AvgIpc) is 2.76. The van der Waals surface area contributed by atoms with Gasteiger partial charge in [0.2, 0.25) is 0 Å². The Hall–Kier alpha value is -1.96. The normalized spacial score (nSPS) is 16.8. The maximum absolute atomic E-state index is 10.4. The molecule has 0 spiro atoms. The fraction of sp³-hybridized carbons (Fsp3) is 0.0769. The first-order valence-corrected chi connectivity index (χ1v) is 4.84. The summed E-state index contributed by atoms with van der Waals surface area (Å²) in [6.07, 6.45) is 7.20. The Bertz CT molecular complexity index is 441. The van der Waals surface area contributed by atoms with E-state index in [0.29, 0.717) is 5.71 Å². The van der Waals surface area contributed by atoms with Crippen molar-refractivity contribution in [2.24, 2.45) is 4.99 Å². The molecule has 0 aromatic heterocycles. The largest absolute Gasteiger partial charge is 0.296 e. The molecule has 2 nitrogen and oxygen atoms in total. The van der Waals surface area contributed by atoms with Crippen LogP contribution in [-0.4, -0.2) is 12.0 Å². The first-order valence-electron chi connectivity index (χ1n) is 4.84. The maximum Gasteiger partial charge on any atom is 0.168 e. The van der Waals surface area contributed by atoms with Gasteiger partial charge in [0, 0.05) is 0 Å². The zero-order chi connectivity index (χ0) is 10.5. The highest BCUT2D eigenvalue weighted by Gasteiger charge is 2.01. The van der Waals surface area contributed by atoms with Crippen LogP contribution in [0, 0.1) is 0 Å². The Balaban J connectivity index is 2.05. The summed E-state index contributed by atoms with van der Waals surface area (Å²) in [6.45, 7) is 0. The van der Waals surface area contributed by atoms with Crippen LogP contribution in [0.2, 0.25) is 0 Å². The van der Waals surface area contributed by atoms with Crippen LogP contribution in [0.15, 0.2) is 59.2 Å². The third kappa shape index (κ3) is 2.50. The second kappa shape index (κ2) is 4.51. The number of carbonyl (C=O) groups is 1. The van der Waals surface area contributed by atoms with Gasteiger partial charge >= 0.3 is 0 Å². The van der Waals surface area contributed by atoms with Gasteiger partial charge in [-0.2, -0.15) is 0 Å². The molecule has 0 bridgehead atoms. The Morgan fingerprint density at radius 3 is 2.60 bits per heavy atom. The predicted octanol–water partition coefficient (Wildman–Crippen LogP) is 2.32. The molecule has 1 heterocycles. The molecule has 0 unspecified atom stereocenters. The van der Waals surface area contributed by atoms with Gasteiger partial charge in [0.25, 0.3) is 0 Å². The van der Waals surface area contributed by atoms with E-state index in [1.54, 1.807) is 6.08 Å². The molecule has 2 heteroatoms. The summed E-state index contributed by atoms with van der Waals surface area (Å²) >= 11 is 0. The van der Waals surface area contributed by atoms with E-state index in [-0.39, 0.29) is 0 Å². The number of aliphatic imine (C=N–C) groups is 1. The lowest BCUT2D eigenvalue weighted by molar-refractivity contribution is -0.102. The molecule has 0 amide bonds. The van der Waals surface area contributed by atoms with Gasteiger partial charge in [-0.1, -0.05) is 36.4 Å². The SMILES string of the molecule is O=CC1=N/C(=C/Cc2ccccc2)C=C1. The van der Waals surface area contributed by atoms with Crippen LogP contribution < -0.4 is 0 Å². The minimum absolute atomic E-state index is 0.495. The summed E-state index contributed by atoms with van der Waals surface area (Å²) in [5, 5.41) is 0. The molecule has 15 heavy (non-hydrogen) atoms. The number of hydrogen-bond donors (Lipinski definition) is 0. The number of hydrogen-bond acceptors (Lipinski definition) is 2. The molecule has 0 N–H and O–H groups in total. The zero-order valence-corrected chi connectivity index (χ0v) is 8.26. The van der Waals surface area contributed by atoms with Crippen molar-refractivity contribution >= 4 is 12.0 Å². The Labute approximate surface area is 88.7 Å². The fourth-order valence-corrected chi connectivity index (χ4v) is 1.41. The van der Waals surface area contributed by atoms with E-state index < -0.39 is 0 Å². The molecular formula is C13H11NO. The highest BCUT2D eigenvalue weighted by atomic mass is 16.1. The first-order chi connectivity index (χ1) is 7.38. The lowest BCUT2D eigenvalue weighted by atomic mass is 10.1. The molecule has 1 aromatic carbocycles. The van der Waals surface area contributed by atoms with Gasteiger partial charge in [-0.25, -0.2) is 4.99 Å². The molecule has 1 aliphatic heterocycles. The lowest BCUT2D eigenvalue weighted by Gasteiger charge is -1.94. The summed E-state index contributed by atoms with van der Waals surface area (Å²) in [5.74, 6) is 0. The molecule has 0 fully saturated rings. The van der Waals surface area contributed by atoms with Crippen molar-refractivity contribution in [2.75, 3.05) is 0 Å². The molecule has 2 rings (SSSR count). The van der Waals surface area contributed by atoms with Crippen LogP contribution in [0.1, 0.15) is 5.56 Å². The molecule has 74 valence electrons. The minimum atomic E-state index is 0.495. The van der Waals surface area contributed by atoms with Gasteiger partial charge in [-0.05, 0) is 24.1 Å². The molecular weight excluding hydrogens is 186 g/mol. The van der Waals surface area contributed by atoms with E-state index in [0.717, 1.165) is 18.4 Å². The lowest BCUT2D eigenvalue weighted by Crippen LogP contribution is -1.88. The van der Waals surface area contributed by atoms with E-state index in [9.17, 15) is 4.79 Å². The number of benzene rings is 1. The summed E-state index contributed by atoms with van der Waals surface area (Å²) < 4.78 is 0. The predicted molar refractivity (Wildman–Crippen MR) is 60.9 cm³/mol. The van der Waals surface area contributed by atoms with Gasteiger partial charge in [-0.15, -0.1) is 0 Å². The average molecular weight is 197 g/mol. The van der Waals surface area contributed by atoms with Crippen molar-refractivity contribution < 1.29 is 4.79 Å². The minimum Gasteiger partial charge on any atom is -0.296 e. The summed E-state index contributed by atoms with van der Waals surface area (Å²) in [4.78, 5) is 14.5. The van der Waals surface area contributed by atoms with Crippen molar-refractivity contribution in [1.29, 1.82) is 0 Å². The molecule has 0 aliphatic carbocycles. The number of nitrogens with zero attached hydrogens (tertiary/aromatic N) is 1. The number of aldehydes is 1. The molecule has 1 aromatic rings.